The van der Waals surface area contributed by atoms with E-state index in [1.54, 1.807) is 24.3 Å². The Kier molecular flexibility index (Phi) is 6.99. The lowest BCUT2D eigenvalue weighted by molar-refractivity contribution is -0.130. The van der Waals surface area contributed by atoms with E-state index in [9.17, 15) is 9.59 Å². The minimum Gasteiger partial charge on any atom is -0.493 e. The van der Waals surface area contributed by atoms with Gasteiger partial charge in [-0.3, -0.25) is 4.79 Å². The van der Waals surface area contributed by atoms with Gasteiger partial charge in [0.25, 0.3) is 5.91 Å². The highest BCUT2D eigenvalue weighted by molar-refractivity contribution is 6.32. The van der Waals surface area contributed by atoms with Gasteiger partial charge in [0.1, 0.15) is 0 Å². The van der Waals surface area contributed by atoms with Crippen molar-refractivity contribution in [3.05, 3.63) is 58.6 Å². The summed E-state index contributed by atoms with van der Waals surface area (Å²) in [5.41, 5.74) is 0.774. The van der Waals surface area contributed by atoms with Gasteiger partial charge in [-0.25, -0.2) is 4.79 Å². The van der Waals surface area contributed by atoms with Crippen molar-refractivity contribution in [3.8, 4) is 11.5 Å². The third-order valence-corrected chi connectivity index (χ3v) is 4.69. The Labute approximate surface area is 175 Å². The van der Waals surface area contributed by atoms with E-state index < -0.39 is 12.1 Å². The molecular formula is C22H24ClNO5. The molecule has 29 heavy (non-hydrogen) atoms. The summed E-state index contributed by atoms with van der Waals surface area (Å²) in [5, 5.41) is 3.13. The summed E-state index contributed by atoms with van der Waals surface area (Å²) in [6.45, 7) is 2.44. The number of methoxy groups -OCH3 is 1. The molecule has 1 amide bonds. The molecule has 0 radical (unpaired) electrons. The lowest BCUT2D eigenvalue weighted by atomic mass is 10.1. The summed E-state index contributed by atoms with van der Waals surface area (Å²) in [4.78, 5) is 25.5. The van der Waals surface area contributed by atoms with Crippen molar-refractivity contribution in [2.24, 2.45) is 0 Å². The highest BCUT2D eigenvalue weighted by atomic mass is 35.5. The van der Waals surface area contributed by atoms with Crippen LogP contribution in [0, 0.1) is 0 Å². The monoisotopic (exact) mass is 417 g/mol. The van der Waals surface area contributed by atoms with E-state index in [-0.39, 0.29) is 22.5 Å². The lowest BCUT2D eigenvalue weighted by Crippen LogP contribution is -2.33. The Hall–Kier alpha value is -2.73. The van der Waals surface area contributed by atoms with Gasteiger partial charge in [-0.05, 0) is 31.4 Å². The molecule has 1 fully saturated rings. The molecule has 0 heterocycles. The average molecular weight is 418 g/mol. The van der Waals surface area contributed by atoms with Crippen LogP contribution in [-0.4, -0.2) is 31.6 Å². The molecule has 154 valence electrons. The number of esters is 1. The number of carbonyl (C=O) groups excluding carboxylic acids is 2. The molecule has 7 heteroatoms. The Bertz CT molecular complexity index is 867. The van der Waals surface area contributed by atoms with Crippen molar-refractivity contribution in [2.45, 2.75) is 38.3 Å². The fraction of sp³-hybridized carbons (Fsp3) is 0.364. The van der Waals surface area contributed by atoms with Crippen molar-refractivity contribution in [3.63, 3.8) is 0 Å². The second-order valence-electron chi connectivity index (χ2n) is 6.82. The zero-order valence-electron chi connectivity index (χ0n) is 16.4. The first-order chi connectivity index (χ1) is 14.0. The molecular weight excluding hydrogens is 394 g/mol. The van der Waals surface area contributed by atoms with Crippen molar-refractivity contribution in [1.82, 2.24) is 5.32 Å². The quantitative estimate of drug-likeness (QED) is 0.615. The van der Waals surface area contributed by atoms with Gasteiger partial charge in [-0.2, -0.15) is 0 Å². The highest BCUT2D eigenvalue weighted by Crippen LogP contribution is 2.37. The van der Waals surface area contributed by atoms with Crippen molar-refractivity contribution >= 4 is 23.5 Å². The van der Waals surface area contributed by atoms with Crippen LogP contribution < -0.4 is 14.8 Å². The van der Waals surface area contributed by atoms with Gasteiger partial charge in [0, 0.05) is 11.6 Å². The second kappa shape index (κ2) is 9.65. The molecule has 0 bridgehead atoms. The molecule has 1 N–H and O–H groups in total. The standard InChI is InChI=1S/C22H24ClNO5/c1-3-11-28-20-17(23)12-15(13-18(20)27-2)22(26)29-19(14-7-5-4-6-8-14)21(25)24-16-9-10-16/h4-8,12-13,16,19H,3,9-11H2,1-2H3,(H,24,25)/t19-/m0/s1. The van der Waals surface area contributed by atoms with E-state index in [2.05, 4.69) is 5.32 Å². The summed E-state index contributed by atoms with van der Waals surface area (Å²) < 4.78 is 16.5. The fourth-order valence-corrected chi connectivity index (χ4v) is 3.03. The van der Waals surface area contributed by atoms with E-state index in [0.29, 0.717) is 23.7 Å². The molecule has 1 aliphatic rings. The Morgan fingerprint density at radius 3 is 2.55 bits per heavy atom. The fourth-order valence-electron chi connectivity index (χ4n) is 2.76. The topological polar surface area (TPSA) is 73.9 Å². The van der Waals surface area contributed by atoms with Crippen LogP contribution in [0.2, 0.25) is 5.02 Å². The molecule has 1 atom stereocenters. The Balaban J connectivity index is 1.83. The number of nitrogens with one attached hydrogen (secondary N) is 1. The average Bonchev–Trinajstić information content (AvgIpc) is 3.54. The molecule has 0 unspecified atom stereocenters. The minimum absolute atomic E-state index is 0.150. The first-order valence-corrected chi connectivity index (χ1v) is 9.98. The maximum absolute atomic E-state index is 12.8. The van der Waals surface area contributed by atoms with E-state index in [4.69, 9.17) is 25.8 Å². The van der Waals surface area contributed by atoms with Crippen LogP contribution in [0.3, 0.4) is 0 Å². The Morgan fingerprint density at radius 2 is 1.93 bits per heavy atom. The second-order valence-corrected chi connectivity index (χ2v) is 7.22. The van der Waals surface area contributed by atoms with Crippen molar-refractivity contribution < 1.29 is 23.8 Å². The minimum atomic E-state index is -1.05. The zero-order chi connectivity index (χ0) is 20.8. The molecule has 0 spiro atoms. The normalized spacial score (nSPS) is 14.0. The largest absolute Gasteiger partial charge is 0.493 e. The predicted octanol–water partition coefficient (Wildman–Crippen LogP) is 4.31. The Morgan fingerprint density at radius 1 is 1.21 bits per heavy atom. The molecule has 0 aromatic heterocycles. The number of amides is 1. The van der Waals surface area contributed by atoms with Crippen LogP contribution in [-0.2, 0) is 9.53 Å². The van der Waals surface area contributed by atoms with Gasteiger partial charge < -0.3 is 19.5 Å². The molecule has 0 aliphatic heterocycles. The first-order valence-electron chi connectivity index (χ1n) is 9.60. The summed E-state index contributed by atoms with van der Waals surface area (Å²) >= 11 is 6.29. The van der Waals surface area contributed by atoms with Gasteiger partial charge in [0.15, 0.2) is 11.5 Å². The number of ether oxygens (including phenoxy) is 3. The molecule has 6 nitrogen and oxygen atoms in total. The molecule has 1 aliphatic carbocycles. The number of carbonyl (C=O) groups is 2. The third kappa shape index (κ3) is 5.41. The molecule has 3 rings (SSSR count). The van der Waals surface area contributed by atoms with E-state index in [1.807, 2.05) is 13.0 Å². The van der Waals surface area contributed by atoms with Crippen molar-refractivity contribution in [1.29, 1.82) is 0 Å². The van der Waals surface area contributed by atoms with Crippen LogP contribution in [0.25, 0.3) is 0 Å². The summed E-state index contributed by atoms with van der Waals surface area (Å²) in [5.74, 6) is -0.310. The summed E-state index contributed by atoms with van der Waals surface area (Å²) in [6.07, 6.45) is 1.63. The van der Waals surface area contributed by atoms with Crippen LogP contribution >= 0.6 is 11.6 Å². The smallest absolute Gasteiger partial charge is 0.339 e. The lowest BCUT2D eigenvalue weighted by Gasteiger charge is -2.19. The molecule has 1 saturated carbocycles. The maximum Gasteiger partial charge on any atom is 0.339 e. The van der Waals surface area contributed by atoms with Crippen LogP contribution in [0.15, 0.2) is 42.5 Å². The molecule has 0 saturated heterocycles. The van der Waals surface area contributed by atoms with Crippen LogP contribution in [0.1, 0.15) is 48.2 Å². The van der Waals surface area contributed by atoms with Gasteiger partial charge >= 0.3 is 5.97 Å². The zero-order valence-corrected chi connectivity index (χ0v) is 17.2. The number of halogens is 1. The number of benzene rings is 2. The van der Waals surface area contributed by atoms with Gasteiger partial charge in [0.05, 0.1) is 24.3 Å². The van der Waals surface area contributed by atoms with Crippen LogP contribution in [0.4, 0.5) is 0 Å². The van der Waals surface area contributed by atoms with Gasteiger partial charge in [-0.1, -0.05) is 48.9 Å². The van der Waals surface area contributed by atoms with E-state index in [1.165, 1.54) is 19.2 Å². The van der Waals surface area contributed by atoms with E-state index in [0.717, 1.165) is 19.3 Å². The van der Waals surface area contributed by atoms with Gasteiger partial charge in [0.2, 0.25) is 6.10 Å². The summed E-state index contributed by atoms with van der Waals surface area (Å²) in [6, 6.07) is 12.0. The SMILES string of the molecule is CCCOc1c(Cl)cc(C(=O)O[C@H](C(=O)NC2CC2)c2ccccc2)cc1OC. The third-order valence-electron chi connectivity index (χ3n) is 4.40. The van der Waals surface area contributed by atoms with Crippen molar-refractivity contribution in [2.75, 3.05) is 13.7 Å². The maximum atomic E-state index is 12.8. The highest BCUT2D eigenvalue weighted by Gasteiger charge is 2.31. The molecule has 2 aromatic rings. The first kappa shape index (κ1) is 21.0. The predicted molar refractivity (Wildman–Crippen MR) is 110 cm³/mol. The van der Waals surface area contributed by atoms with Crippen LogP contribution in [0.5, 0.6) is 11.5 Å². The number of hydrogen-bond acceptors (Lipinski definition) is 5. The molecule has 2 aromatic carbocycles. The summed E-state index contributed by atoms with van der Waals surface area (Å²) in [7, 11) is 1.47. The number of rotatable bonds is 9. The van der Waals surface area contributed by atoms with E-state index >= 15 is 0 Å². The van der Waals surface area contributed by atoms with Gasteiger partial charge in [-0.15, -0.1) is 0 Å². The number of hydrogen-bond donors (Lipinski definition) is 1.